The minimum atomic E-state index is 0.0323. The maximum Gasteiger partial charge on any atom is 0.226 e. The lowest BCUT2D eigenvalue weighted by molar-refractivity contribution is -0.141. The maximum atomic E-state index is 13.0. The van der Waals surface area contributed by atoms with Gasteiger partial charge in [0.15, 0.2) is 0 Å². The van der Waals surface area contributed by atoms with E-state index >= 15 is 0 Å². The fraction of sp³-hybridized carbons (Fsp3) is 0.417. The summed E-state index contributed by atoms with van der Waals surface area (Å²) in [5.74, 6) is 1.18. The Kier molecular flexibility index (Phi) is 6.13. The van der Waals surface area contributed by atoms with Gasteiger partial charge in [-0.1, -0.05) is 42.5 Å². The van der Waals surface area contributed by atoms with E-state index in [0.29, 0.717) is 32.7 Å². The summed E-state index contributed by atoms with van der Waals surface area (Å²) in [7, 11) is 0. The number of likely N-dealkylation sites (tertiary alicyclic amines) is 1. The molecule has 2 aromatic carbocycles. The minimum absolute atomic E-state index is 0.0323. The number of para-hydroxylation sites is 1. The van der Waals surface area contributed by atoms with Crippen molar-refractivity contribution in [2.24, 2.45) is 5.92 Å². The summed E-state index contributed by atoms with van der Waals surface area (Å²) in [4.78, 5) is 29.3. The minimum Gasteiger partial charge on any atom is -0.493 e. The Morgan fingerprint density at radius 3 is 2.31 bits per heavy atom. The zero-order chi connectivity index (χ0) is 20.1. The molecular formula is C24H28N2O3. The number of nitrogens with zero attached hydrogens (tertiary/aromatic N) is 2. The normalized spacial score (nSPS) is 17.0. The average molecular weight is 392 g/mol. The van der Waals surface area contributed by atoms with Crippen LogP contribution in [0.1, 0.15) is 30.4 Å². The number of hydrogen-bond donors (Lipinski definition) is 0. The first kappa shape index (κ1) is 19.5. The van der Waals surface area contributed by atoms with Crippen molar-refractivity contribution >= 4 is 11.8 Å². The zero-order valence-electron chi connectivity index (χ0n) is 16.8. The molecule has 29 heavy (non-hydrogen) atoms. The van der Waals surface area contributed by atoms with Crippen LogP contribution in [0.4, 0.5) is 0 Å². The second kappa shape index (κ2) is 9.12. The number of fused-ring (bicyclic) bond motifs is 1. The molecule has 0 saturated carbocycles. The molecule has 2 aliphatic rings. The van der Waals surface area contributed by atoms with E-state index in [1.807, 2.05) is 46.2 Å². The van der Waals surface area contributed by atoms with Crippen LogP contribution in [-0.4, -0.2) is 47.9 Å². The Morgan fingerprint density at radius 1 is 0.862 bits per heavy atom. The summed E-state index contributed by atoms with van der Waals surface area (Å²) in [6, 6.07) is 17.9. The molecule has 0 aliphatic carbocycles. The highest BCUT2D eigenvalue weighted by molar-refractivity contribution is 5.80. The Labute approximate surface area is 172 Å². The number of carbonyl (C=O) groups is 2. The van der Waals surface area contributed by atoms with Gasteiger partial charge in [0.05, 0.1) is 13.0 Å². The number of piperidine rings is 1. The van der Waals surface area contributed by atoms with Gasteiger partial charge in [-0.15, -0.1) is 0 Å². The first-order valence-electron chi connectivity index (χ1n) is 10.5. The summed E-state index contributed by atoms with van der Waals surface area (Å²) in [6.07, 6.45) is 2.81. The van der Waals surface area contributed by atoms with E-state index in [4.69, 9.17) is 4.74 Å². The lowest BCUT2D eigenvalue weighted by Gasteiger charge is -2.36. The second-order valence-corrected chi connectivity index (χ2v) is 7.85. The number of carbonyl (C=O) groups excluding carboxylic acids is 2. The summed E-state index contributed by atoms with van der Waals surface area (Å²) in [5, 5.41) is 0. The first-order valence-corrected chi connectivity index (χ1v) is 10.5. The molecule has 0 unspecified atom stereocenters. The number of ether oxygens (including phenoxy) is 1. The molecule has 4 rings (SSSR count). The molecule has 5 heteroatoms. The van der Waals surface area contributed by atoms with Crippen LogP contribution in [0.3, 0.4) is 0 Å². The van der Waals surface area contributed by atoms with Crippen LogP contribution >= 0.6 is 0 Å². The second-order valence-electron chi connectivity index (χ2n) is 7.85. The molecule has 2 amide bonds. The molecule has 0 radical (unpaired) electrons. The predicted molar refractivity (Wildman–Crippen MR) is 111 cm³/mol. The predicted octanol–water partition coefficient (Wildman–Crippen LogP) is 3.28. The highest BCUT2D eigenvalue weighted by Gasteiger charge is 2.31. The number of benzene rings is 2. The molecule has 2 aliphatic heterocycles. The highest BCUT2D eigenvalue weighted by atomic mass is 16.5. The third kappa shape index (κ3) is 4.78. The SMILES string of the molecule is O=C(CCOc1ccccc1)N1CCC(C(=O)N2CCc3ccccc3C2)CC1. The van der Waals surface area contributed by atoms with E-state index in [2.05, 4.69) is 18.2 Å². The van der Waals surface area contributed by atoms with Crippen LogP contribution in [0, 0.1) is 5.92 Å². The lowest BCUT2D eigenvalue weighted by atomic mass is 9.93. The average Bonchev–Trinajstić information content (AvgIpc) is 2.79. The largest absolute Gasteiger partial charge is 0.493 e. The Balaban J connectivity index is 1.22. The van der Waals surface area contributed by atoms with Crippen LogP contribution in [0.25, 0.3) is 0 Å². The molecule has 0 aromatic heterocycles. The number of hydrogen-bond acceptors (Lipinski definition) is 3. The molecule has 0 N–H and O–H groups in total. The maximum absolute atomic E-state index is 13.0. The highest BCUT2D eigenvalue weighted by Crippen LogP contribution is 2.25. The molecule has 5 nitrogen and oxygen atoms in total. The van der Waals surface area contributed by atoms with Gasteiger partial charge in [0.1, 0.15) is 5.75 Å². The summed E-state index contributed by atoms with van der Waals surface area (Å²) in [6.45, 7) is 3.21. The van der Waals surface area contributed by atoms with Crippen molar-refractivity contribution in [3.05, 3.63) is 65.7 Å². The van der Waals surface area contributed by atoms with Gasteiger partial charge in [0.2, 0.25) is 11.8 Å². The van der Waals surface area contributed by atoms with E-state index < -0.39 is 0 Å². The van der Waals surface area contributed by atoms with E-state index in [1.165, 1.54) is 11.1 Å². The third-order valence-electron chi connectivity index (χ3n) is 5.97. The molecule has 2 aromatic rings. The van der Waals surface area contributed by atoms with Crippen molar-refractivity contribution in [2.75, 3.05) is 26.2 Å². The Morgan fingerprint density at radius 2 is 1.55 bits per heavy atom. The van der Waals surface area contributed by atoms with Gasteiger partial charge < -0.3 is 14.5 Å². The van der Waals surface area contributed by atoms with Gasteiger partial charge in [0.25, 0.3) is 0 Å². The molecular weight excluding hydrogens is 364 g/mol. The molecule has 0 atom stereocenters. The number of rotatable bonds is 5. The lowest BCUT2D eigenvalue weighted by Crippen LogP contribution is -2.45. The molecule has 2 heterocycles. The van der Waals surface area contributed by atoms with Gasteiger partial charge in [-0.3, -0.25) is 9.59 Å². The standard InChI is InChI=1S/C24H28N2O3/c27-23(13-17-29-22-8-2-1-3-9-22)25-14-11-20(12-15-25)24(28)26-16-10-19-6-4-5-7-21(19)18-26/h1-9,20H,10-18H2. The first-order chi connectivity index (χ1) is 14.2. The number of amides is 2. The fourth-order valence-electron chi connectivity index (χ4n) is 4.25. The van der Waals surface area contributed by atoms with Crippen LogP contribution in [-0.2, 0) is 22.6 Å². The molecule has 1 saturated heterocycles. The van der Waals surface area contributed by atoms with Crippen molar-refractivity contribution in [1.29, 1.82) is 0 Å². The van der Waals surface area contributed by atoms with Gasteiger partial charge >= 0.3 is 0 Å². The van der Waals surface area contributed by atoms with E-state index in [0.717, 1.165) is 31.6 Å². The zero-order valence-corrected chi connectivity index (χ0v) is 16.8. The topological polar surface area (TPSA) is 49.9 Å². The van der Waals surface area contributed by atoms with Gasteiger partial charge in [0, 0.05) is 32.1 Å². The van der Waals surface area contributed by atoms with Crippen molar-refractivity contribution in [3.8, 4) is 5.75 Å². The smallest absolute Gasteiger partial charge is 0.226 e. The van der Waals surface area contributed by atoms with Gasteiger partial charge in [-0.25, -0.2) is 0 Å². The monoisotopic (exact) mass is 392 g/mol. The van der Waals surface area contributed by atoms with Crippen molar-refractivity contribution in [1.82, 2.24) is 9.80 Å². The summed E-state index contributed by atoms with van der Waals surface area (Å²) in [5.41, 5.74) is 2.62. The van der Waals surface area contributed by atoms with Crippen LogP contribution in [0.15, 0.2) is 54.6 Å². The summed E-state index contributed by atoms with van der Waals surface area (Å²) < 4.78 is 5.63. The molecule has 152 valence electrons. The van der Waals surface area contributed by atoms with Gasteiger partial charge in [-0.05, 0) is 42.5 Å². The molecule has 0 bridgehead atoms. The quantitative estimate of drug-likeness (QED) is 0.785. The summed E-state index contributed by atoms with van der Waals surface area (Å²) >= 11 is 0. The van der Waals surface area contributed by atoms with Gasteiger partial charge in [-0.2, -0.15) is 0 Å². The van der Waals surface area contributed by atoms with E-state index in [9.17, 15) is 9.59 Å². The molecule has 0 spiro atoms. The third-order valence-corrected chi connectivity index (χ3v) is 5.97. The van der Waals surface area contributed by atoms with E-state index in [1.54, 1.807) is 0 Å². The Hall–Kier alpha value is -2.82. The van der Waals surface area contributed by atoms with Crippen molar-refractivity contribution in [2.45, 2.75) is 32.2 Å². The van der Waals surface area contributed by atoms with Crippen molar-refractivity contribution < 1.29 is 14.3 Å². The van der Waals surface area contributed by atoms with Crippen LogP contribution in [0.2, 0.25) is 0 Å². The van der Waals surface area contributed by atoms with Crippen LogP contribution < -0.4 is 4.74 Å². The Bertz CT molecular complexity index is 844. The fourth-order valence-corrected chi connectivity index (χ4v) is 4.25. The molecule has 1 fully saturated rings. The van der Waals surface area contributed by atoms with Crippen LogP contribution in [0.5, 0.6) is 5.75 Å². The van der Waals surface area contributed by atoms with Crippen molar-refractivity contribution in [3.63, 3.8) is 0 Å². The van der Waals surface area contributed by atoms with E-state index in [-0.39, 0.29) is 17.7 Å².